The summed E-state index contributed by atoms with van der Waals surface area (Å²) >= 11 is 0. The molecule has 4 nitrogen and oxygen atoms in total. The molecule has 1 aromatic rings. The van der Waals surface area contributed by atoms with Crippen LogP contribution in [0.2, 0.25) is 0 Å². The van der Waals surface area contributed by atoms with Crippen LogP contribution >= 0.6 is 0 Å². The molecule has 1 rings (SSSR count). The van der Waals surface area contributed by atoms with Gasteiger partial charge < -0.3 is 5.11 Å². The third-order valence-electron chi connectivity index (χ3n) is 3.58. The molecule has 4 heteroatoms. The van der Waals surface area contributed by atoms with E-state index in [0.29, 0.717) is 12.8 Å². The summed E-state index contributed by atoms with van der Waals surface area (Å²) < 4.78 is 0. The first-order valence-electron chi connectivity index (χ1n) is 6.25. The molecule has 1 unspecified atom stereocenters. The number of hydrogen-bond donors (Lipinski definition) is 1. The largest absolute Gasteiger partial charge is 0.396 e. The predicted molar refractivity (Wildman–Crippen MR) is 73.6 cm³/mol. The Morgan fingerprint density at radius 1 is 1.22 bits per heavy atom. The van der Waals surface area contributed by atoms with Crippen LogP contribution in [-0.4, -0.2) is 11.7 Å². The number of benzene rings is 1. The Kier molecular flexibility index (Phi) is 5.20. The molecule has 1 aromatic carbocycles. The monoisotopic (exact) mass is 247 g/mol. The Bertz CT molecular complexity index is 450. The van der Waals surface area contributed by atoms with Crippen molar-refractivity contribution >= 4 is 0 Å². The molecule has 0 bridgehead atoms. The summed E-state index contributed by atoms with van der Waals surface area (Å²) in [6.07, 6.45) is 1.33. The Morgan fingerprint density at radius 2 is 1.78 bits per heavy atom. The first kappa shape index (κ1) is 14.6. The highest BCUT2D eigenvalue weighted by Gasteiger charge is 2.17. The molecule has 1 atom stereocenters. The fourth-order valence-corrected chi connectivity index (χ4v) is 2.35. The van der Waals surface area contributed by atoms with E-state index in [4.69, 9.17) is 10.6 Å². The fraction of sp³-hybridized carbons (Fsp3) is 0.571. The lowest BCUT2D eigenvalue weighted by atomic mass is 9.88. The van der Waals surface area contributed by atoms with E-state index in [-0.39, 0.29) is 12.6 Å². The molecule has 0 aromatic heterocycles. The van der Waals surface area contributed by atoms with Gasteiger partial charge in [0.1, 0.15) is 0 Å². The number of nitrogens with zero attached hydrogens (tertiary/aromatic N) is 3. The molecule has 0 aliphatic carbocycles. The van der Waals surface area contributed by atoms with Crippen LogP contribution in [0.3, 0.4) is 0 Å². The number of aliphatic hydroxyl groups excluding tert-OH is 1. The highest BCUT2D eigenvalue weighted by atomic mass is 16.2. The van der Waals surface area contributed by atoms with Crippen molar-refractivity contribution in [2.75, 3.05) is 6.61 Å². The van der Waals surface area contributed by atoms with Gasteiger partial charge in [0, 0.05) is 11.5 Å². The van der Waals surface area contributed by atoms with Crippen molar-refractivity contribution in [1.82, 2.24) is 0 Å². The zero-order valence-corrected chi connectivity index (χ0v) is 11.6. The number of rotatable bonds is 5. The molecule has 0 radical (unpaired) electrons. The van der Waals surface area contributed by atoms with Crippen molar-refractivity contribution in [3.63, 3.8) is 0 Å². The smallest absolute Gasteiger partial charge is 0.0631 e. The number of hydrogen-bond acceptors (Lipinski definition) is 2. The molecular weight excluding hydrogens is 226 g/mol. The van der Waals surface area contributed by atoms with Gasteiger partial charge in [-0.1, -0.05) is 11.2 Å². The minimum atomic E-state index is -0.180. The zero-order chi connectivity index (χ0) is 13.7. The molecule has 0 saturated carbocycles. The maximum atomic E-state index is 8.94. The molecule has 1 N–H and O–H groups in total. The van der Waals surface area contributed by atoms with E-state index in [2.05, 4.69) is 43.8 Å². The van der Waals surface area contributed by atoms with Crippen molar-refractivity contribution in [2.24, 2.45) is 5.11 Å². The summed E-state index contributed by atoms with van der Waals surface area (Å²) in [4.78, 5) is 2.95. The van der Waals surface area contributed by atoms with Crippen LogP contribution < -0.4 is 0 Å². The molecule has 0 amide bonds. The Balaban J connectivity index is 3.30. The lowest BCUT2D eigenvalue weighted by molar-refractivity contribution is 0.280. The third-order valence-corrected chi connectivity index (χ3v) is 3.58. The summed E-state index contributed by atoms with van der Waals surface area (Å²) in [5, 5.41) is 12.8. The molecule has 98 valence electrons. The highest BCUT2D eigenvalue weighted by Crippen LogP contribution is 2.32. The third kappa shape index (κ3) is 3.03. The lowest BCUT2D eigenvalue weighted by Crippen LogP contribution is -2.05. The molecular formula is C14H21N3O. The zero-order valence-electron chi connectivity index (χ0n) is 11.6. The summed E-state index contributed by atoms with van der Waals surface area (Å²) in [5.41, 5.74) is 14.6. The van der Waals surface area contributed by atoms with Crippen LogP contribution in [0.5, 0.6) is 0 Å². The summed E-state index contributed by atoms with van der Waals surface area (Å²) in [7, 11) is 0. The molecule has 0 heterocycles. The van der Waals surface area contributed by atoms with Gasteiger partial charge in [-0.05, 0) is 73.9 Å². The van der Waals surface area contributed by atoms with Crippen molar-refractivity contribution in [1.29, 1.82) is 0 Å². The van der Waals surface area contributed by atoms with Crippen molar-refractivity contribution in [3.8, 4) is 0 Å². The maximum absolute atomic E-state index is 8.94. The summed E-state index contributed by atoms with van der Waals surface area (Å²) in [5.74, 6) is 0. The second kappa shape index (κ2) is 6.43. The normalized spacial score (nSPS) is 12.1. The second-order valence-corrected chi connectivity index (χ2v) is 4.76. The Morgan fingerprint density at radius 3 is 2.22 bits per heavy atom. The van der Waals surface area contributed by atoms with Gasteiger partial charge in [-0.3, -0.25) is 0 Å². The summed E-state index contributed by atoms with van der Waals surface area (Å²) in [6, 6.07) is 1.98. The van der Waals surface area contributed by atoms with E-state index in [1.165, 1.54) is 22.3 Å². The van der Waals surface area contributed by atoms with E-state index in [9.17, 15) is 0 Å². The van der Waals surface area contributed by atoms with E-state index < -0.39 is 0 Å². The topological polar surface area (TPSA) is 69.0 Å². The standard InChI is InChI=1S/C14H21N3O/c1-9-8-10(2)12(4)14(11(9)3)13(16-17-15)6-5-7-18/h8,13,18H,5-7H2,1-4H3. The average molecular weight is 247 g/mol. The van der Waals surface area contributed by atoms with Crippen LogP contribution in [0.25, 0.3) is 10.4 Å². The van der Waals surface area contributed by atoms with Crippen LogP contribution in [0.15, 0.2) is 11.2 Å². The minimum Gasteiger partial charge on any atom is -0.396 e. The Labute approximate surface area is 108 Å². The number of aryl methyl sites for hydroxylation is 2. The number of aliphatic hydroxyl groups is 1. The minimum absolute atomic E-state index is 0.125. The lowest BCUT2D eigenvalue weighted by Gasteiger charge is -2.20. The van der Waals surface area contributed by atoms with Crippen molar-refractivity contribution in [3.05, 3.63) is 44.3 Å². The molecule has 0 aliphatic heterocycles. The number of azide groups is 1. The predicted octanol–water partition coefficient (Wildman–Crippen LogP) is 4.04. The van der Waals surface area contributed by atoms with Gasteiger partial charge in [0.05, 0.1) is 6.04 Å². The highest BCUT2D eigenvalue weighted by molar-refractivity contribution is 5.45. The van der Waals surface area contributed by atoms with E-state index >= 15 is 0 Å². The first-order chi connectivity index (χ1) is 8.52. The molecule has 0 aliphatic rings. The van der Waals surface area contributed by atoms with Crippen molar-refractivity contribution < 1.29 is 5.11 Å². The van der Waals surface area contributed by atoms with Crippen LogP contribution in [0.4, 0.5) is 0 Å². The summed E-state index contributed by atoms with van der Waals surface area (Å²) in [6.45, 7) is 8.40. The molecule has 0 spiro atoms. The SMILES string of the molecule is Cc1cc(C)c(C)c(C(CCCO)N=[N+]=[N-])c1C. The molecule has 18 heavy (non-hydrogen) atoms. The van der Waals surface area contributed by atoms with Gasteiger partial charge in [0.2, 0.25) is 0 Å². The van der Waals surface area contributed by atoms with Crippen molar-refractivity contribution in [2.45, 2.75) is 46.6 Å². The first-order valence-corrected chi connectivity index (χ1v) is 6.25. The molecule has 0 fully saturated rings. The van der Waals surface area contributed by atoms with Crippen LogP contribution in [0.1, 0.15) is 46.7 Å². The fourth-order valence-electron chi connectivity index (χ4n) is 2.35. The second-order valence-electron chi connectivity index (χ2n) is 4.76. The van der Waals surface area contributed by atoms with Gasteiger partial charge in [0.15, 0.2) is 0 Å². The van der Waals surface area contributed by atoms with Gasteiger partial charge >= 0.3 is 0 Å². The maximum Gasteiger partial charge on any atom is 0.0631 e. The van der Waals surface area contributed by atoms with E-state index in [0.717, 1.165) is 5.56 Å². The van der Waals surface area contributed by atoms with Crippen LogP contribution in [-0.2, 0) is 0 Å². The quantitative estimate of drug-likeness (QED) is 0.476. The van der Waals surface area contributed by atoms with Gasteiger partial charge in [-0.25, -0.2) is 0 Å². The van der Waals surface area contributed by atoms with E-state index in [1.807, 2.05) is 0 Å². The Hall–Kier alpha value is -1.51. The average Bonchev–Trinajstić information content (AvgIpc) is 2.33. The van der Waals surface area contributed by atoms with E-state index in [1.54, 1.807) is 0 Å². The van der Waals surface area contributed by atoms with Gasteiger partial charge in [0.25, 0.3) is 0 Å². The van der Waals surface area contributed by atoms with Crippen LogP contribution in [0, 0.1) is 27.7 Å². The molecule has 0 saturated heterocycles. The van der Waals surface area contributed by atoms with Gasteiger partial charge in [-0.15, -0.1) is 0 Å². The van der Waals surface area contributed by atoms with Gasteiger partial charge in [-0.2, -0.15) is 0 Å².